The highest BCUT2D eigenvalue weighted by Crippen LogP contribution is 2.24. The van der Waals surface area contributed by atoms with E-state index in [1.165, 1.54) is 17.4 Å². The van der Waals surface area contributed by atoms with Crippen LogP contribution >= 0.6 is 11.3 Å². The van der Waals surface area contributed by atoms with Gasteiger partial charge in [0.1, 0.15) is 5.01 Å². The van der Waals surface area contributed by atoms with Gasteiger partial charge in [-0.25, -0.2) is 9.78 Å². The minimum Gasteiger partial charge on any atom is -0.465 e. The second kappa shape index (κ2) is 7.75. The zero-order chi connectivity index (χ0) is 19.4. The minimum atomic E-state index is -0.763. The fourth-order valence-corrected chi connectivity index (χ4v) is 2.99. The number of benzene rings is 2. The molecule has 0 saturated heterocycles. The summed E-state index contributed by atoms with van der Waals surface area (Å²) in [5, 5.41) is 16.4. The first-order valence-electron chi connectivity index (χ1n) is 7.67. The summed E-state index contributed by atoms with van der Waals surface area (Å²) in [5.41, 5.74) is 0.949. The molecule has 1 aromatic heterocycles. The highest BCUT2D eigenvalue weighted by Gasteiger charge is 2.18. The molecule has 0 fully saturated rings. The third kappa shape index (κ3) is 4.15. The lowest BCUT2D eigenvalue weighted by Crippen LogP contribution is -2.14. The van der Waals surface area contributed by atoms with Crippen molar-refractivity contribution in [2.75, 3.05) is 12.4 Å². The van der Waals surface area contributed by atoms with Crippen LogP contribution in [0.25, 0.3) is 10.6 Å². The Hall–Kier alpha value is -3.59. The Labute approximate surface area is 157 Å². The minimum absolute atomic E-state index is 0.0198. The number of carbonyl (C=O) groups is 2. The van der Waals surface area contributed by atoms with Crippen molar-refractivity contribution >= 4 is 34.6 Å². The van der Waals surface area contributed by atoms with Crippen molar-refractivity contribution in [2.45, 2.75) is 0 Å². The highest BCUT2D eigenvalue weighted by atomic mass is 32.1. The number of thiazole rings is 1. The number of aromatic nitrogens is 1. The van der Waals surface area contributed by atoms with E-state index in [-0.39, 0.29) is 16.8 Å². The number of nitrogens with one attached hydrogen (secondary N) is 1. The second-order valence-electron chi connectivity index (χ2n) is 5.39. The number of amides is 1. The number of methoxy groups -OCH3 is 1. The molecule has 3 rings (SSSR count). The van der Waals surface area contributed by atoms with Gasteiger partial charge in [0, 0.05) is 40.5 Å². The fraction of sp³-hybridized carbons (Fsp3) is 0.0556. The van der Waals surface area contributed by atoms with Crippen molar-refractivity contribution in [2.24, 2.45) is 0 Å². The summed E-state index contributed by atoms with van der Waals surface area (Å²) in [7, 11) is 1.16. The van der Waals surface area contributed by atoms with Gasteiger partial charge in [0.25, 0.3) is 11.6 Å². The maximum absolute atomic E-state index is 12.5. The van der Waals surface area contributed by atoms with E-state index < -0.39 is 16.8 Å². The van der Waals surface area contributed by atoms with E-state index in [1.54, 1.807) is 18.3 Å². The maximum atomic E-state index is 12.5. The first-order valence-corrected chi connectivity index (χ1v) is 8.55. The molecule has 9 heteroatoms. The zero-order valence-corrected chi connectivity index (χ0v) is 14.9. The summed E-state index contributed by atoms with van der Waals surface area (Å²) < 4.78 is 4.57. The third-order valence-corrected chi connectivity index (χ3v) is 4.46. The van der Waals surface area contributed by atoms with Gasteiger partial charge >= 0.3 is 5.97 Å². The van der Waals surface area contributed by atoms with Gasteiger partial charge in [-0.15, -0.1) is 11.3 Å². The van der Waals surface area contributed by atoms with E-state index in [9.17, 15) is 19.7 Å². The maximum Gasteiger partial charge on any atom is 0.338 e. The molecule has 27 heavy (non-hydrogen) atoms. The molecule has 8 nitrogen and oxygen atoms in total. The van der Waals surface area contributed by atoms with Gasteiger partial charge in [0.2, 0.25) is 0 Å². The number of carbonyl (C=O) groups excluding carboxylic acids is 2. The molecule has 0 radical (unpaired) electrons. The normalized spacial score (nSPS) is 10.3. The number of ether oxygens (including phenoxy) is 1. The predicted molar refractivity (Wildman–Crippen MR) is 99.9 cm³/mol. The Kier molecular flexibility index (Phi) is 5.23. The quantitative estimate of drug-likeness (QED) is 0.408. The number of rotatable bonds is 5. The lowest BCUT2D eigenvalue weighted by molar-refractivity contribution is -0.384. The molecule has 0 saturated carbocycles. The van der Waals surface area contributed by atoms with Gasteiger partial charge in [0.05, 0.1) is 17.6 Å². The molecule has 1 N–H and O–H groups in total. The number of hydrogen-bond donors (Lipinski definition) is 1. The van der Waals surface area contributed by atoms with Crippen LogP contribution in [0.15, 0.2) is 54.0 Å². The van der Waals surface area contributed by atoms with E-state index in [2.05, 4.69) is 15.0 Å². The number of non-ortho nitro benzene ring substituents is 1. The summed E-state index contributed by atoms with van der Waals surface area (Å²) in [5.74, 6) is -1.34. The predicted octanol–water partition coefficient (Wildman–Crippen LogP) is 3.76. The van der Waals surface area contributed by atoms with Crippen LogP contribution in [0.2, 0.25) is 0 Å². The van der Waals surface area contributed by atoms with E-state index in [1.807, 2.05) is 17.5 Å². The Morgan fingerprint density at radius 1 is 1.15 bits per heavy atom. The van der Waals surface area contributed by atoms with Crippen LogP contribution in [0.5, 0.6) is 0 Å². The molecule has 3 aromatic rings. The van der Waals surface area contributed by atoms with E-state index in [0.717, 1.165) is 29.8 Å². The molecular formula is C18H13N3O5S. The standard InChI is InChI=1S/C18H13N3O5S/c1-26-18(23)13-8-12(9-15(10-13)21(24)25)16(22)20-14-4-2-11(3-5-14)17-19-6-7-27-17/h2-10H,1H3,(H,20,22). The van der Waals surface area contributed by atoms with Crippen LogP contribution < -0.4 is 5.32 Å². The first-order chi connectivity index (χ1) is 13.0. The summed E-state index contributed by atoms with van der Waals surface area (Å²) in [6, 6.07) is 10.4. The average Bonchev–Trinajstić information content (AvgIpc) is 3.22. The number of hydrogen-bond acceptors (Lipinski definition) is 7. The lowest BCUT2D eigenvalue weighted by atomic mass is 10.1. The summed E-state index contributed by atoms with van der Waals surface area (Å²) in [4.78, 5) is 38.8. The lowest BCUT2D eigenvalue weighted by Gasteiger charge is -2.07. The van der Waals surface area contributed by atoms with Crippen LogP contribution in [-0.4, -0.2) is 28.9 Å². The molecule has 136 valence electrons. The van der Waals surface area contributed by atoms with Crippen LogP contribution in [-0.2, 0) is 4.74 Å². The molecule has 0 aliphatic heterocycles. The first kappa shape index (κ1) is 18.2. The van der Waals surface area contributed by atoms with Crippen LogP contribution in [0.3, 0.4) is 0 Å². The highest BCUT2D eigenvalue weighted by molar-refractivity contribution is 7.13. The number of nitrogens with zero attached hydrogens (tertiary/aromatic N) is 2. The molecular weight excluding hydrogens is 370 g/mol. The number of nitro groups is 1. The van der Waals surface area contributed by atoms with Crippen LogP contribution in [0, 0.1) is 10.1 Å². The summed E-state index contributed by atoms with van der Waals surface area (Å²) >= 11 is 1.50. The smallest absolute Gasteiger partial charge is 0.338 e. The Morgan fingerprint density at radius 2 is 1.85 bits per heavy atom. The van der Waals surface area contributed by atoms with Crippen molar-refractivity contribution < 1.29 is 19.2 Å². The van der Waals surface area contributed by atoms with Crippen LogP contribution in [0.1, 0.15) is 20.7 Å². The monoisotopic (exact) mass is 383 g/mol. The molecule has 0 aliphatic carbocycles. The van der Waals surface area contributed by atoms with E-state index in [4.69, 9.17) is 0 Å². The second-order valence-corrected chi connectivity index (χ2v) is 6.28. The Balaban J connectivity index is 1.84. The van der Waals surface area contributed by atoms with Gasteiger partial charge in [-0.2, -0.15) is 0 Å². The largest absolute Gasteiger partial charge is 0.465 e. The SMILES string of the molecule is COC(=O)c1cc(C(=O)Nc2ccc(-c3nccs3)cc2)cc([N+](=O)[O-])c1. The molecule has 0 aliphatic rings. The van der Waals surface area contributed by atoms with Gasteiger partial charge in [-0.05, 0) is 30.3 Å². The number of esters is 1. The zero-order valence-electron chi connectivity index (χ0n) is 14.0. The summed E-state index contributed by atoms with van der Waals surface area (Å²) in [6.45, 7) is 0. The van der Waals surface area contributed by atoms with Gasteiger partial charge in [-0.3, -0.25) is 14.9 Å². The van der Waals surface area contributed by atoms with E-state index in [0.29, 0.717) is 5.69 Å². The van der Waals surface area contributed by atoms with Gasteiger partial charge in [0.15, 0.2) is 0 Å². The van der Waals surface area contributed by atoms with Crippen molar-refractivity contribution in [3.05, 3.63) is 75.3 Å². The molecule has 0 spiro atoms. The van der Waals surface area contributed by atoms with Crippen molar-refractivity contribution in [1.82, 2.24) is 4.98 Å². The van der Waals surface area contributed by atoms with Crippen LogP contribution in [0.4, 0.5) is 11.4 Å². The van der Waals surface area contributed by atoms with E-state index >= 15 is 0 Å². The molecule has 0 unspecified atom stereocenters. The van der Waals surface area contributed by atoms with Gasteiger partial charge < -0.3 is 10.1 Å². The third-order valence-electron chi connectivity index (χ3n) is 3.63. The number of anilines is 1. The van der Waals surface area contributed by atoms with Crippen molar-refractivity contribution in [3.63, 3.8) is 0 Å². The molecule has 0 bridgehead atoms. The number of nitro benzene ring substituents is 1. The average molecular weight is 383 g/mol. The van der Waals surface area contributed by atoms with Crippen molar-refractivity contribution in [3.8, 4) is 10.6 Å². The summed E-state index contributed by atoms with van der Waals surface area (Å²) in [6.07, 6.45) is 1.71. The molecule has 0 atom stereocenters. The Morgan fingerprint density at radius 3 is 2.44 bits per heavy atom. The molecule has 1 heterocycles. The fourth-order valence-electron chi connectivity index (χ4n) is 2.35. The Bertz CT molecular complexity index is 1000. The molecule has 1 amide bonds. The topological polar surface area (TPSA) is 111 Å². The van der Waals surface area contributed by atoms with Gasteiger partial charge in [-0.1, -0.05) is 0 Å². The molecule has 2 aromatic carbocycles. The van der Waals surface area contributed by atoms with Crippen molar-refractivity contribution in [1.29, 1.82) is 0 Å².